The van der Waals surface area contributed by atoms with Gasteiger partial charge in [0.1, 0.15) is 0 Å². The summed E-state index contributed by atoms with van der Waals surface area (Å²) in [7, 11) is 0.554. The highest BCUT2D eigenvalue weighted by Crippen LogP contribution is 2.14. The van der Waals surface area contributed by atoms with Crippen LogP contribution in [0.4, 0.5) is 0 Å². The summed E-state index contributed by atoms with van der Waals surface area (Å²) in [5.74, 6) is 0. The van der Waals surface area contributed by atoms with Gasteiger partial charge in [0.15, 0.2) is 0 Å². The lowest BCUT2D eigenvalue weighted by molar-refractivity contribution is -0.865. The average Bonchev–Trinajstić information content (AvgIpc) is 2.35. The third-order valence-corrected chi connectivity index (χ3v) is 4.28. The summed E-state index contributed by atoms with van der Waals surface area (Å²) >= 11 is 0. The average molecular weight is 296 g/mol. The number of nitrogens with zero attached hydrogens (tertiary/aromatic N) is 1. The minimum absolute atomic E-state index is 0.126. The molecular formula is C14H22N3O2S+. The molecule has 0 unspecified atom stereocenters. The van der Waals surface area contributed by atoms with Gasteiger partial charge in [-0.15, -0.1) is 0 Å². The Kier molecular flexibility index (Phi) is 5.28. The second-order valence-electron chi connectivity index (χ2n) is 6.01. The molecule has 0 bridgehead atoms. The van der Waals surface area contributed by atoms with Gasteiger partial charge in [-0.3, -0.25) is 0 Å². The lowest BCUT2D eigenvalue weighted by Gasteiger charge is -2.26. The molecule has 0 fully saturated rings. The minimum Gasteiger partial charge on any atom is -0.339 e. The molecule has 20 heavy (non-hydrogen) atoms. The summed E-state index contributed by atoms with van der Waals surface area (Å²) in [6.45, 7) is 5.30. The number of nitrogens with one attached hydrogen (secondary N) is 2. The Morgan fingerprint density at radius 1 is 1.25 bits per heavy atom. The van der Waals surface area contributed by atoms with Gasteiger partial charge in [-0.05, 0) is 24.3 Å². The highest BCUT2D eigenvalue weighted by atomic mass is 32.2. The van der Waals surface area contributed by atoms with E-state index >= 15 is 0 Å². The number of nitriles is 1. The molecule has 2 N–H and O–H groups in total. The summed E-state index contributed by atoms with van der Waals surface area (Å²) in [6, 6.07) is 7.87. The van der Waals surface area contributed by atoms with E-state index in [1.807, 2.05) is 34.0 Å². The molecule has 0 radical (unpaired) electrons. The molecule has 6 heteroatoms. The number of benzene rings is 1. The SMILES string of the molecule is C[NH+](C)CC(C)(C)CNS(=O)(=O)c1ccc(C#N)cc1. The molecule has 0 heterocycles. The van der Waals surface area contributed by atoms with Crippen molar-refractivity contribution in [1.82, 2.24) is 4.72 Å². The molecule has 0 saturated carbocycles. The second-order valence-corrected chi connectivity index (χ2v) is 7.78. The van der Waals surface area contributed by atoms with Gasteiger partial charge < -0.3 is 4.90 Å². The summed E-state index contributed by atoms with van der Waals surface area (Å²) in [5.41, 5.74) is 0.318. The number of sulfonamides is 1. The zero-order valence-corrected chi connectivity index (χ0v) is 13.2. The Morgan fingerprint density at radius 3 is 2.25 bits per heavy atom. The third-order valence-electron chi connectivity index (χ3n) is 2.87. The maximum absolute atomic E-state index is 12.2. The maximum atomic E-state index is 12.2. The lowest BCUT2D eigenvalue weighted by atomic mass is 9.93. The molecule has 0 amide bonds. The van der Waals surface area contributed by atoms with Crippen LogP contribution in [-0.4, -0.2) is 35.6 Å². The molecule has 1 rings (SSSR count). The Bertz CT molecular complexity index is 584. The number of quaternary nitrogens is 1. The standard InChI is InChI=1S/C14H21N3O2S/c1-14(2,11-17(3)4)10-16-20(18,19)13-7-5-12(9-15)6-8-13/h5-8,16H,10-11H2,1-4H3/p+1. The van der Waals surface area contributed by atoms with Gasteiger partial charge in [0.05, 0.1) is 37.2 Å². The van der Waals surface area contributed by atoms with Crippen LogP contribution in [0.2, 0.25) is 0 Å². The molecule has 0 aliphatic rings. The molecule has 0 atom stereocenters. The minimum atomic E-state index is -3.52. The smallest absolute Gasteiger partial charge is 0.240 e. The van der Waals surface area contributed by atoms with E-state index in [-0.39, 0.29) is 10.3 Å². The van der Waals surface area contributed by atoms with Gasteiger partial charge in [-0.1, -0.05) is 13.8 Å². The van der Waals surface area contributed by atoms with Gasteiger partial charge in [0.2, 0.25) is 10.0 Å². The van der Waals surface area contributed by atoms with Crippen molar-refractivity contribution < 1.29 is 13.3 Å². The second kappa shape index (κ2) is 6.35. The van der Waals surface area contributed by atoms with Crippen LogP contribution in [0.1, 0.15) is 19.4 Å². The van der Waals surface area contributed by atoms with E-state index in [1.165, 1.54) is 29.2 Å². The van der Waals surface area contributed by atoms with Crippen LogP contribution in [0.5, 0.6) is 0 Å². The van der Waals surface area contributed by atoms with Crippen LogP contribution < -0.4 is 9.62 Å². The van der Waals surface area contributed by atoms with Gasteiger partial charge in [-0.25, -0.2) is 13.1 Å². The highest BCUT2D eigenvalue weighted by Gasteiger charge is 2.24. The molecular weight excluding hydrogens is 274 g/mol. The van der Waals surface area contributed by atoms with Crippen molar-refractivity contribution in [2.45, 2.75) is 18.7 Å². The van der Waals surface area contributed by atoms with Crippen LogP contribution in [-0.2, 0) is 10.0 Å². The first kappa shape index (κ1) is 16.6. The predicted molar refractivity (Wildman–Crippen MR) is 77.8 cm³/mol. The van der Waals surface area contributed by atoms with Crippen molar-refractivity contribution in [3.8, 4) is 6.07 Å². The van der Waals surface area contributed by atoms with Crippen LogP contribution in [0.25, 0.3) is 0 Å². The predicted octanol–water partition coefficient (Wildman–Crippen LogP) is 0.00728. The molecule has 0 aliphatic heterocycles. The van der Waals surface area contributed by atoms with Gasteiger partial charge in [-0.2, -0.15) is 5.26 Å². The van der Waals surface area contributed by atoms with Gasteiger partial charge >= 0.3 is 0 Å². The van der Waals surface area contributed by atoms with E-state index in [0.29, 0.717) is 12.1 Å². The van der Waals surface area contributed by atoms with E-state index in [2.05, 4.69) is 4.72 Å². The van der Waals surface area contributed by atoms with Crippen molar-refractivity contribution in [3.63, 3.8) is 0 Å². The van der Waals surface area contributed by atoms with Crippen LogP contribution in [0.3, 0.4) is 0 Å². The van der Waals surface area contributed by atoms with Crippen molar-refractivity contribution in [2.24, 2.45) is 5.41 Å². The largest absolute Gasteiger partial charge is 0.339 e. The summed E-state index contributed by atoms with van der Waals surface area (Å²) in [6.07, 6.45) is 0. The topological polar surface area (TPSA) is 74.4 Å². The van der Waals surface area contributed by atoms with E-state index in [1.54, 1.807) is 0 Å². The van der Waals surface area contributed by atoms with Gasteiger partial charge in [0, 0.05) is 12.0 Å². The fourth-order valence-electron chi connectivity index (χ4n) is 2.10. The maximum Gasteiger partial charge on any atom is 0.240 e. The Labute approximate surface area is 121 Å². The van der Waals surface area contributed by atoms with E-state index < -0.39 is 10.0 Å². The normalized spacial score (nSPS) is 12.4. The first-order valence-corrected chi connectivity index (χ1v) is 7.93. The third kappa shape index (κ3) is 4.93. The Balaban J connectivity index is 2.77. The number of rotatable bonds is 6. The van der Waals surface area contributed by atoms with E-state index in [9.17, 15) is 8.42 Å². The van der Waals surface area contributed by atoms with Crippen molar-refractivity contribution in [2.75, 3.05) is 27.2 Å². The molecule has 5 nitrogen and oxygen atoms in total. The highest BCUT2D eigenvalue weighted by molar-refractivity contribution is 7.89. The van der Waals surface area contributed by atoms with Crippen LogP contribution >= 0.6 is 0 Å². The quantitative estimate of drug-likeness (QED) is 0.776. The number of hydrogen-bond acceptors (Lipinski definition) is 3. The monoisotopic (exact) mass is 296 g/mol. The van der Waals surface area contributed by atoms with Crippen molar-refractivity contribution in [3.05, 3.63) is 29.8 Å². The molecule has 1 aromatic rings. The first-order valence-electron chi connectivity index (χ1n) is 6.45. The molecule has 0 aromatic heterocycles. The molecule has 0 saturated heterocycles. The zero-order valence-electron chi connectivity index (χ0n) is 12.4. The fourth-order valence-corrected chi connectivity index (χ4v) is 3.34. The van der Waals surface area contributed by atoms with Crippen LogP contribution in [0.15, 0.2) is 29.2 Å². The fraction of sp³-hybridized carbons (Fsp3) is 0.500. The van der Waals surface area contributed by atoms with E-state index in [4.69, 9.17) is 5.26 Å². The Hall–Kier alpha value is -1.42. The Morgan fingerprint density at radius 2 is 1.80 bits per heavy atom. The lowest BCUT2D eigenvalue weighted by Crippen LogP contribution is -3.07. The summed E-state index contributed by atoms with van der Waals surface area (Å²) in [4.78, 5) is 1.46. The number of hydrogen-bond donors (Lipinski definition) is 2. The molecule has 0 aliphatic carbocycles. The van der Waals surface area contributed by atoms with E-state index in [0.717, 1.165) is 6.54 Å². The van der Waals surface area contributed by atoms with Gasteiger partial charge in [0.25, 0.3) is 0 Å². The van der Waals surface area contributed by atoms with Crippen molar-refractivity contribution >= 4 is 10.0 Å². The summed E-state index contributed by atoms with van der Waals surface area (Å²) < 4.78 is 27.0. The summed E-state index contributed by atoms with van der Waals surface area (Å²) in [5, 5.41) is 8.71. The molecule has 1 aromatic carbocycles. The van der Waals surface area contributed by atoms with Crippen molar-refractivity contribution in [1.29, 1.82) is 5.26 Å². The van der Waals surface area contributed by atoms with Crippen LogP contribution in [0, 0.1) is 16.7 Å². The molecule has 110 valence electrons. The first-order chi connectivity index (χ1) is 9.16. The zero-order chi connectivity index (χ0) is 15.4. The molecule has 0 spiro atoms.